The number of fused-ring (bicyclic) bond motifs is 1. The van der Waals surface area contributed by atoms with Gasteiger partial charge in [-0.3, -0.25) is 4.79 Å². The lowest BCUT2D eigenvalue weighted by Gasteiger charge is -2.08. The van der Waals surface area contributed by atoms with E-state index in [1.165, 1.54) is 25.0 Å². The lowest BCUT2D eigenvalue weighted by molar-refractivity contribution is -0.117. The van der Waals surface area contributed by atoms with Crippen molar-refractivity contribution in [2.75, 3.05) is 11.1 Å². The number of para-hydroxylation sites is 1. The smallest absolute Gasteiger partial charge is 0.228 e. The molecule has 4 heteroatoms. The molecule has 2 saturated carbocycles. The molecule has 1 amide bonds. The predicted molar refractivity (Wildman–Crippen MR) is 68.4 cm³/mol. The Morgan fingerprint density at radius 1 is 1.28 bits per heavy atom. The highest BCUT2D eigenvalue weighted by Crippen LogP contribution is 2.55. The molecule has 96 valence electrons. The summed E-state index contributed by atoms with van der Waals surface area (Å²) in [6, 6.07) is 4.45. The fraction of sp³-hybridized carbons (Fsp3) is 0.500. The zero-order valence-electron chi connectivity index (χ0n) is 10.2. The van der Waals surface area contributed by atoms with Crippen LogP contribution in [0.5, 0.6) is 0 Å². The van der Waals surface area contributed by atoms with Gasteiger partial charge in [0, 0.05) is 5.92 Å². The predicted octanol–water partition coefficient (Wildman–Crippen LogP) is 2.78. The summed E-state index contributed by atoms with van der Waals surface area (Å²) >= 11 is 0. The Morgan fingerprint density at radius 3 is 2.56 bits per heavy atom. The van der Waals surface area contributed by atoms with E-state index in [1.54, 1.807) is 6.07 Å². The number of nitrogen functional groups attached to an aromatic ring is 1. The second-order valence-electron chi connectivity index (χ2n) is 5.33. The van der Waals surface area contributed by atoms with Crippen LogP contribution in [0, 0.1) is 23.6 Å². The molecule has 0 spiro atoms. The summed E-state index contributed by atoms with van der Waals surface area (Å²) in [5.74, 6) is 0.584. The number of anilines is 2. The minimum Gasteiger partial charge on any atom is -0.397 e. The fourth-order valence-corrected chi connectivity index (χ4v) is 3.26. The van der Waals surface area contributed by atoms with E-state index in [1.807, 2.05) is 0 Å². The van der Waals surface area contributed by atoms with Crippen LogP contribution in [0.15, 0.2) is 18.2 Å². The monoisotopic (exact) mass is 248 g/mol. The lowest BCUT2D eigenvalue weighted by atomic mass is 10.0. The van der Waals surface area contributed by atoms with Gasteiger partial charge in [-0.1, -0.05) is 18.9 Å². The van der Waals surface area contributed by atoms with E-state index in [2.05, 4.69) is 5.32 Å². The highest BCUT2D eigenvalue weighted by Gasteiger charge is 2.54. The summed E-state index contributed by atoms with van der Waals surface area (Å²) in [6.07, 6.45) is 4.70. The van der Waals surface area contributed by atoms with Gasteiger partial charge in [-0.05, 0) is 36.8 Å². The Morgan fingerprint density at radius 2 is 1.94 bits per heavy atom. The quantitative estimate of drug-likeness (QED) is 0.791. The third kappa shape index (κ3) is 1.85. The summed E-state index contributed by atoms with van der Waals surface area (Å²) in [5.41, 5.74) is 6.10. The summed E-state index contributed by atoms with van der Waals surface area (Å²) < 4.78 is 13.6. The maximum atomic E-state index is 13.6. The molecular formula is C14H17FN2O. The van der Waals surface area contributed by atoms with Crippen molar-refractivity contribution in [2.24, 2.45) is 17.8 Å². The Hall–Kier alpha value is -1.58. The Kier molecular flexibility index (Phi) is 2.73. The molecule has 0 aliphatic heterocycles. The molecule has 0 aromatic heterocycles. The van der Waals surface area contributed by atoms with Crippen molar-refractivity contribution in [3.8, 4) is 0 Å². The van der Waals surface area contributed by atoms with E-state index in [0.717, 1.165) is 12.8 Å². The topological polar surface area (TPSA) is 55.1 Å². The number of benzene rings is 1. The van der Waals surface area contributed by atoms with Gasteiger partial charge in [0.15, 0.2) is 0 Å². The molecule has 2 unspecified atom stereocenters. The third-order valence-corrected chi connectivity index (χ3v) is 4.25. The zero-order chi connectivity index (χ0) is 12.7. The second-order valence-corrected chi connectivity index (χ2v) is 5.33. The van der Waals surface area contributed by atoms with Crippen molar-refractivity contribution in [1.29, 1.82) is 0 Å². The summed E-state index contributed by atoms with van der Waals surface area (Å²) in [4.78, 5) is 12.1. The van der Waals surface area contributed by atoms with Crippen LogP contribution in [-0.4, -0.2) is 5.91 Å². The number of carbonyl (C=O) groups is 1. The standard InChI is InChI=1S/C14H17FN2O/c15-10-6-3-7-11(16)13(10)17-14(18)12-8-4-1-2-5-9(8)12/h3,6-9,12H,1-2,4-5,16H2,(H,17,18). The summed E-state index contributed by atoms with van der Waals surface area (Å²) in [5, 5.41) is 2.66. The van der Waals surface area contributed by atoms with Crippen molar-refractivity contribution >= 4 is 17.3 Å². The number of rotatable bonds is 2. The number of carbonyl (C=O) groups excluding carboxylic acids is 1. The molecule has 1 aromatic carbocycles. The van der Waals surface area contributed by atoms with Crippen molar-refractivity contribution in [3.63, 3.8) is 0 Å². The van der Waals surface area contributed by atoms with Crippen LogP contribution in [0.2, 0.25) is 0 Å². The van der Waals surface area contributed by atoms with Crippen LogP contribution in [0.4, 0.5) is 15.8 Å². The molecule has 3 N–H and O–H groups in total. The fourth-order valence-electron chi connectivity index (χ4n) is 3.26. The van der Waals surface area contributed by atoms with Gasteiger partial charge in [-0.15, -0.1) is 0 Å². The molecule has 0 heterocycles. The average molecular weight is 248 g/mol. The Bertz CT molecular complexity index is 456. The molecule has 2 aliphatic rings. The van der Waals surface area contributed by atoms with Crippen LogP contribution in [0.1, 0.15) is 25.7 Å². The lowest BCUT2D eigenvalue weighted by Crippen LogP contribution is -2.17. The molecule has 2 aliphatic carbocycles. The van der Waals surface area contributed by atoms with Gasteiger partial charge < -0.3 is 11.1 Å². The average Bonchev–Trinajstić information content (AvgIpc) is 3.08. The van der Waals surface area contributed by atoms with Crippen molar-refractivity contribution in [2.45, 2.75) is 25.7 Å². The van der Waals surface area contributed by atoms with Crippen LogP contribution in [0.25, 0.3) is 0 Å². The molecule has 1 aromatic rings. The van der Waals surface area contributed by atoms with E-state index in [-0.39, 0.29) is 23.2 Å². The van der Waals surface area contributed by atoms with Crippen molar-refractivity contribution in [3.05, 3.63) is 24.0 Å². The Labute approximate surface area is 106 Å². The number of nitrogens with two attached hydrogens (primary N) is 1. The van der Waals surface area contributed by atoms with Crippen molar-refractivity contribution < 1.29 is 9.18 Å². The zero-order valence-corrected chi connectivity index (χ0v) is 10.2. The van der Waals surface area contributed by atoms with E-state index in [0.29, 0.717) is 11.8 Å². The van der Waals surface area contributed by atoms with Crippen LogP contribution < -0.4 is 11.1 Å². The number of hydrogen-bond acceptors (Lipinski definition) is 2. The van der Waals surface area contributed by atoms with Gasteiger partial charge >= 0.3 is 0 Å². The largest absolute Gasteiger partial charge is 0.397 e. The van der Waals surface area contributed by atoms with Gasteiger partial charge in [0.05, 0.1) is 5.69 Å². The number of halogens is 1. The first kappa shape index (κ1) is 11.5. The van der Waals surface area contributed by atoms with Crippen molar-refractivity contribution in [1.82, 2.24) is 0 Å². The SMILES string of the molecule is Nc1cccc(F)c1NC(=O)C1C2CCCCC21. The normalized spacial score (nSPS) is 29.5. The highest BCUT2D eigenvalue weighted by atomic mass is 19.1. The first-order valence-corrected chi connectivity index (χ1v) is 6.53. The molecule has 2 atom stereocenters. The van der Waals surface area contributed by atoms with Crippen LogP contribution in [-0.2, 0) is 4.79 Å². The summed E-state index contributed by atoms with van der Waals surface area (Å²) in [7, 11) is 0. The number of amides is 1. The summed E-state index contributed by atoms with van der Waals surface area (Å²) in [6.45, 7) is 0. The molecule has 3 nitrogen and oxygen atoms in total. The first-order valence-electron chi connectivity index (χ1n) is 6.53. The molecular weight excluding hydrogens is 231 g/mol. The Balaban J connectivity index is 1.72. The van der Waals surface area contributed by atoms with E-state index in [9.17, 15) is 9.18 Å². The van der Waals surface area contributed by atoms with E-state index >= 15 is 0 Å². The molecule has 0 radical (unpaired) electrons. The first-order chi connectivity index (χ1) is 8.68. The molecule has 3 rings (SSSR count). The van der Waals surface area contributed by atoms with Gasteiger partial charge in [-0.2, -0.15) is 0 Å². The van der Waals surface area contributed by atoms with Crippen LogP contribution in [0.3, 0.4) is 0 Å². The number of nitrogens with one attached hydrogen (secondary N) is 1. The molecule has 18 heavy (non-hydrogen) atoms. The van der Waals surface area contributed by atoms with Gasteiger partial charge in [0.1, 0.15) is 11.5 Å². The highest BCUT2D eigenvalue weighted by molar-refractivity contribution is 5.97. The van der Waals surface area contributed by atoms with Crippen LogP contribution >= 0.6 is 0 Å². The maximum absolute atomic E-state index is 13.6. The van der Waals surface area contributed by atoms with Gasteiger partial charge in [0.2, 0.25) is 5.91 Å². The van der Waals surface area contributed by atoms with E-state index in [4.69, 9.17) is 5.73 Å². The number of hydrogen-bond donors (Lipinski definition) is 2. The van der Waals surface area contributed by atoms with E-state index < -0.39 is 5.82 Å². The maximum Gasteiger partial charge on any atom is 0.228 e. The minimum atomic E-state index is -0.466. The van der Waals surface area contributed by atoms with Gasteiger partial charge in [-0.25, -0.2) is 4.39 Å². The molecule has 0 bridgehead atoms. The molecule has 2 fully saturated rings. The minimum absolute atomic E-state index is 0.0660. The molecule has 0 saturated heterocycles. The van der Waals surface area contributed by atoms with Gasteiger partial charge in [0.25, 0.3) is 0 Å². The third-order valence-electron chi connectivity index (χ3n) is 4.25. The second kappa shape index (κ2) is 4.26.